The van der Waals surface area contributed by atoms with Crippen LogP contribution in [0.4, 0.5) is 21.6 Å². The van der Waals surface area contributed by atoms with E-state index in [2.05, 4.69) is 26.2 Å². The number of hydrogen-bond acceptors (Lipinski definition) is 3. The summed E-state index contributed by atoms with van der Waals surface area (Å²) in [5.74, 6) is 0.0540. The summed E-state index contributed by atoms with van der Waals surface area (Å²) in [6, 6.07) is 8.30. The number of benzene rings is 1. The molecule has 1 aromatic carbocycles. The van der Waals surface area contributed by atoms with E-state index < -0.39 is 0 Å². The van der Waals surface area contributed by atoms with Crippen LogP contribution >= 0.6 is 15.9 Å². The molecule has 1 heterocycles. The number of nitrogens with zero attached hydrogens (tertiary/aromatic N) is 1. The van der Waals surface area contributed by atoms with Gasteiger partial charge in [0.2, 0.25) is 0 Å². The summed E-state index contributed by atoms with van der Waals surface area (Å²) in [5, 5.41) is 2.99. The third-order valence-corrected chi connectivity index (χ3v) is 2.68. The molecule has 0 spiro atoms. The normalized spacial score (nSPS) is 10.1. The summed E-state index contributed by atoms with van der Waals surface area (Å²) in [6.07, 6.45) is 1.60. The zero-order chi connectivity index (χ0) is 11.5. The first-order chi connectivity index (χ1) is 7.66. The van der Waals surface area contributed by atoms with Crippen LogP contribution in [0.5, 0.6) is 0 Å². The van der Waals surface area contributed by atoms with Gasteiger partial charge in [-0.2, -0.15) is 0 Å². The highest BCUT2D eigenvalue weighted by atomic mass is 79.9. The van der Waals surface area contributed by atoms with Crippen LogP contribution in [0, 0.1) is 5.82 Å². The molecule has 2 rings (SSSR count). The lowest BCUT2D eigenvalue weighted by atomic mass is 10.3. The summed E-state index contributed by atoms with van der Waals surface area (Å²) < 4.78 is 13.7. The van der Waals surface area contributed by atoms with Crippen molar-refractivity contribution in [3.63, 3.8) is 0 Å². The van der Waals surface area contributed by atoms with Crippen LogP contribution in [-0.4, -0.2) is 4.98 Å². The van der Waals surface area contributed by atoms with Gasteiger partial charge in [0, 0.05) is 11.9 Å². The highest BCUT2D eigenvalue weighted by molar-refractivity contribution is 9.10. The van der Waals surface area contributed by atoms with Crippen LogP contribution in [0.3, 0.4) is 0 Å². The number of aromatic nitrogens is 1. The van der Waals surface area contributed by atoms with Gasteiger partial charge in [-0.15, -0.1) is 0 Å². The molecular weight excluding hydrogens is 273 g/mol. The molecule has 3 nitrogen and oxygen atoms in total. The molecule has 0 aliphatic heterocycles. The Bertz CT molecular complexity index is 516. The molecule has 0 saturated carbocycles. The van der Waals surface area contributed by atoms with Gasteiger partial charge in [0.05, 0.1) is 10.2 Å². The Morgan fingerprint density at radius 2 is 2.12 bits per heavy atom. The van der Waals surface area contributed by atoms with Crippen LogP contribution in [0.25, 0.3) is 0 Å². The first-order valence-corrected chi connectivity index (χ1v) is 5.38. The summed E-state index contributed by atoms with van der Waals surface area (Å²) in [4.78, 5) is 3.93. The second-order valence-corrected chi connectivity index (χ2v) is 4.04. The van der Waals surface area contributed by atoms with Crippen molar-refractivity contribution in [1.82, 2.24) is 4.98 Å². The molecule has 16 heavy (non-hydrogen) atoms. The fraction of sp³-hybridized carbons (Fsp3) is 0. The number of hydrogen-bond donors (Lipinski definition) is 2. The second-order valence-electron chi connectivity index (χ2n) is 3.19. The molecule has 0 saturated heterocycles. The van der Waals surface area contributed by atoms with Gasteiger partial charge in [0.15, 0.2) is 0 Å². The molecule has 0 aliphatic rings. The molecule has 0 radical (unpaired) electrons. The third-order valence-electron chi connectivity index (χ3n) is 2.04. The zero-order valence-electron chi connectivity index (χ0n) is 8.24. The molecule has 82 valence electrons. The van der Waals surface area contributed by atoms with E-state index in [9.17, 15) is 4.39 Å². The van der Waals surface area contributed by atoms with Crippen molar-refractivity contribution in [3.8, 4) is 0 Å². The average molecular weight is 282 g/mol. The predicted octanol–water partition coefficient (Wildman–Crippen LogP) is 3.31. The largest absolute Gasteiger partial charge is 0.382 e. The first-order valence-electron chi connectivity index (χ1n) is 4.59. The molecule has 1 aromatic heterocycles. The molecule has 2 aromatic rings. The maximum atomic E-state index is 13.2. The van der Waals surface area contributed by atoms with Crippen LogP contribution in [0.2, 0.25) is 0 Å². The smallest absolute Gasteiger partial charge is 0.147 e. The van der Waals surface area contributed by atoms with E-state index in [1.165, 1.54) is 6.07 Å². The maximum absolute atomic E-state index is 13.2. The van der Waals surface area contributed by atoms with E-state index in [0.717, 1.165) is 0 Å². The Kier molecular flexibility index (Phi) is 3.05. The van der Waals surface area contributed by atoms with Crippen molar-refractivity contribution in [3.05, 3.63) is 46.8 Å². The molecule has 3 N–H and O–H groups in total. The molecule has 0 fully saturated rings. The number of nitrogens with two attached hydrogens (primary N) is 1. The van der Waals surface area contributed by atoms with Crippen LogP contribution in [-0.2, 0) is 0 Å². The molecule has 0 unspecified atom stereocenters. The first kappa shape index (κ1) is 10.9. The number of rotatable bonds is 2. The number of anilines is 3. The van der Waals surface area contributed by atoms with E-state index in [1.807, 2.05) is 0 Å². The fourth-order valence-corrected chi connectivity index (χ4v) is 1.50. The summed E-state index contributed by atoms with van der Waals surface area (Å²) in [7, 11) is 0. The Hall–Kier alpha value is -1.62. The fourth-order valence-electron chi connectivity index (χ4n) is 1.25. The van der Waals surface area contributed by atoms with E-state index in [1.54, 1.807) is 30.5 Å². The summed E-state index contributed by atoms with van der Waals surface area (Å²) >= 11 is 3.09. The van der Waals surface area contributed by atoms with Crippen LogP contribution < -0.4 is 11.1 Å². The van der Waals surface area contributed by atoms with Crippen molar-refractivity contribution < 1.29 is 4.39 Å². The average Bonchev–Trinajstić information content (AvgIpc) is 2.27. The van der Waals surface area contributed by atoms with Gasteiger partial charge in [0.25, 0.3) is 0 Å². The standard InChI is InChI=1S/C11H9BrFN3/c12-8-4-3-7(6-9(8)13)16-10-2-1-5-15-11(10)14/h1-6,16H,(H2,14,15). The number of pyridine rings is 1. The SMILES string of the molecule is Nc1ncccc1Nc1ccc(Br)c(F)c1. The van der Waals surface area contributed by atoms with E-state index in [0.29, 0.717) is 21.7 Å². The highest BCUT2D eigenvalue weighted by Gasteiger charge is 2.03. The van der Waals surface area contributed by atoms with Crippen LogP contribution in [0.1, 0.15) is 0 Å². The predicted molar refractivity (Wildman–Crippen MR) is 66.0 cm³/mol. The summed E-state index contributed by atoms with van der Waals surface area (Å²) in [5.41, 5.74) is 6.94. The monoisotopic (exact) mass is 281 g/mol. The van der Waals surface area contributed by atoms with Gasteiger partial charge in [-0.05, 0) is 46.3 Å². The minimum Gasteiger partial charge on any atom is -0.382 e. The second kappa shape index (κ2) is 4.49. The Morgan fingerprint density at radius 3 is 2.81 bits per heavy atom. The molecule has 0 aliphatic carbocycles. The number of nitrogen functional groups attached to an aromatic ring is 1. The Labute approximate surface area is 101 Å². The Morgan fingerprint density at radius 1 is 1.31 bits per heavy atom. The maximum Gasteiger partial charge on any atom is 0.147 e. The topological polar surface area (TPSA) is 50.9 Å². The van der Waals surface area contributed by atoms with Crippen molar-refractivity contribution >= 4 is 33.1 Å². The van der Waals surface area contributed by atoms with Gasteiger partial charge >= 0.3 is 0 Å². The number of halogens is 2. The highest BCUT2D eigenvalue weighted by Crippen LogP contribution is 2.24. The van der Waals surface area contributed by atoms with Crippen molar-refractivity contribution in [2.24, 2.45) is 0 Å². The van der Waals surface area contributed by atoms with E-state index in [-0.39, 0.29) is 5.82 Å². The molecule has 0 bridgehead atoms. The summed E-state index contributed by atoms with van der Waals surface area (Å²) in [6.45, 7) is 0. The van der Waals surface area contributed by atoms with Gasteiger partial charge in [-0.1, -0.05) is 0 Å². The number of nitrogens with one attached hydrogen (secondary N) is 1. The quantitative estimate of drug-likeness (QED) is 0.888. The minimum absolute atomic E-state index is 0.326. The van der Waals surface area contributed by atoms with Gasteiger partial charge in [-0.25, -0.2) is 9.37 Å². The minimum atomic E-state index is -0.326. The molecular formula is C11H9BrFN3. The lowest BCUT2D eigenvalue weighted by Gasteiger charge is -2.08. The van der Waals surface area contributed by atoms with Crippen LogP contribution in [0.15, 0.2) is 41.0 Å². The lowest BCUT2D eigenvalue weighted by molar-refractivity contribution is 0.622. The Balaban J connectivity index is 2.28. The third kappa shape index (κ3) is 2.30. The molecule has 0 atom stereocenters. The van der Waals surface area contributed by atoms with E-state index >= 15 is 0 Å². The van der Waals surface area contributed by atoms with Crippen molar-refractivity contribution in [1.29, 1.82) is 0 Å². The van der Waals surface area contributed by atoms with E-state index in [4.69, 9.17) is 5.73 Å². The lowest BCUT2D eigenvalue weighted by Crippen LogP contribution is -1.98. The molecule has 5 heteroatoms. The van der Waals surface area contributed by atoms with Crippen molar-refractivity contribution in [2.45, 2.75) is 0 Å². The van der Waals surface area contributed by atoms with Gasteiger partial charge in [-0.3, -0.25) is 0 Å². The van der Waals surface area contributed by atoms with Gasteiger partial charge in [0.1, 0.15) is 11.6 Å². The van der Waals surface area contributed by atoms with Crippen molar-refractivity contribution in [2.75, 3.05) is 11.1 Å². The van der Waals surface area contributed by atoms with Gasteiger partial charge < -0.3 is 11.1 Å². The molecule has 0 amide bonds. The zero-order valence-corrected chi connectivity index (χ0v) is 9.83.